The Kier molecular flexibility index (Phi) is 4.78. The van der Waals surface area contributed by atoms with E-state index in [2.05, 4.69) is 15.3 Å². The van der Waals surface area contributed by atoms with Crippen molar-refractivity contribution in [3.05, 3.63) is 70.3 Å². The molecular formula is C21H18FN5O3. The molecule has 2 heterocycles. The molecule has 0 saturated carbocycles. The van der Waals surface area contributed by atoms with Crippen molar-refractivity contribution < 1.29 is 14.1 Å². The highest BCUT2D eigenvalue weighted by atomic mass is 19.1. The van der Waals surface area contributed by atoms with Crippen LogP contribution in [0.25, 0.3) is 22.2 Å². The summed E-state index contributed by atoms with van der Waals surface area (Å²) in [6.07, 6.45) is 3.58. The number of benzene rings is 2. The molecule has 152 valence electrons. The Labute approximate surface area is 171 Å². The fourth-order valence-electron chi connectivity index (χ4n) is 3.52. The normalized spacial score (nSPS) is 10.9. The van der Waals surface area contributed by atoms with Gasteiger partial charge in [0.25, 0.3) is 0 Å². The van der Waals surface area contributed by atoms with Gasteiger partial charge in [-0.15, -0.1) is 0 Å². The summed E-state index contributed by atoms with van der Waals surface area (Å²) in [5.41, 5.74) is 3.39. The Morgan fingerprint density at radius 2 is 2.07 bits per heavy atom. The summed E-state index contributed by atoms with van der Waals surface area (Å²) in [4.78, 5) is 19.0. The quantitative estimate of drug-likeness (QED) is 0.379. The fraction of sp³-hybridized carbons (Fsp3) is 0.143. The van der Waals surface area contributed by atoms with Crippen LogP contribution in [0.15, 0.2) is 48.8 Å². The number of ether oxygens (including phenoxy) is 1. The predicted octanol–water partition coefficient (Wildman–Crippen LogP) is 4.74. The molecule has 2 aromatic heterocycles. The number of nitro groups is 1. The van der Waals surface area contributed by atoms with E-state index in [1.807, 2.05) is 42.9 Å². The summed E-state index contributed by atoms with van der Waals surface area (Å²) >= 11 is 0. The number of aromatic nitrogens is 3. The van der Waals surface area contributed by atoms with Gasteiger partial charge in [-0.2, -0.15) is 4.39 Å². The lowest BCUT2D eigenvalue weighted by Crippen LogP contribution is -2.02. The zero-order chi connectivity index (χ0) is 21.4. The van der Waals surface area contributed by atoms with Crippen molar-refractivity contribution in [1.82, 2.24) is 14.5 Å². The number of nitrogens with zero attached hydrogens (tertiary/aromatic N) is 4. The van der Waals surface area contributed by atoms with E-state index >= 15 is 0 Å². The van der Waals surface area contributed by atoms with Crippen LogP contribution in [0.3, 0.4) is 0 Å². The first-order valence-electron chi connectivity index (χ1n) is 9.06. The van der Waals surface area contributed by atoms with Crippen LogP contribution < -0.4 is 10.1 Å². The predicted molar refractivity (Wildman–Crippen MR) is 112 cm³/mol. The molecule has 0 spiro atoms. The van der Waals surface area contributed by atoms with Gasteiger partial charge >= 0.3 is 5.69 Å². The number of para-hydroxylation sites is 1. The van der Waals surface area contributed by atoms with Crippen LogP contribution in [0.2, 0.25) is 0 Å². The third-order valence-corrected chi connectivity index (χ3v) is 4.85. The molecule has 0 aliphatic carbocycles. The van der Waals surface area contributed by atoms with Crippen molar-refractivity contribution in [3.63, 3.8) is 0 Å². The first-order valence-corrected chi connectivity index (χ1v) is 9.06. The molecule has 0 saturated heterocycles. The maximum Gasteiger partial charge on any atom is 0.307 e. The lowest BCUT2D eigenvalue weighted by Gasteiger charge is -2.11. The number of rotatable bonds is 5. The van der Waals surface area contributed by atoms with Crippen molar-refractivity contribution in [2.24, 2.45) is 7.05 Å². The third-order valence-electron chi connectivity index (χ3n) is 4.85. The Morgan fingerprint density at radius 1 is 1.27 bits per heavy atom. The SMILES string of the molecule is COc1cc(F)c([N+](=O)[O-])cc1Nc1nccc(-c2cn(C)c3c(C)cccc23)n1. The van der Waals surface area contributed by atoms with Gasteiger partial charge in [-0.25, -0.2) is 9.97 Å². The van der Waals surface area contributed by atoms with Crippen molar-refractivity contribution in [3.8, 4) is 17.0 Å². The van der Waals surface area contributed by atoms with Gasteiger partial charge in [0.1, 0.15) is 5.75 Å². The van der Waals surface area contributed by atoms with Crippen LogP contribution in [-0.4, -0.2) is 26.6 Å². The average Bonchev–Trinajstić information content (AvgIpc) is 3.07. The van der Waals surface area contributed by atoms with Gasteiger partial charge in [0.2, 0.25) is 11.8 Å². The molecule has 9 heteroatoms. The Hall–Kier alpha value is -4.01. The summed E-state index contributed by atoms with van der Waals surface area (Å²) in [6, 6.07) is 9.87. The summed E-state index contributed by atoms with van der Waals surface area (Å²) < 4.78 is 21.1. The largest absolute Gasteiger partial charge is 0.494 e. The summed E-state index contributed by atoms with van der Waals surface area (Å²) in [7, 11) is 3.32. The number of anilines is 2. The number of nitro benzene ring substituents is 1. The number of hydrogen-bond acceptors (Lipinski definition) is 6. The van der Waals surface area contributed by atoms with Gasteiger partial charge in [0.05, 0.1) is 28.9 Å². The molecule has 0 atom stereocenters. The molecule has 2 aromatic carbocycles. The first-order chi connectivity index (χ1) is 14.4. The summed E-state index contributed by atoms with van der Waals surface area (Å²) in [5, 5.41) is 15.0. The third kappa shape index (κ3) is 3.30. The molecular weight excluding hydrogens is 389 g/mol. The molecule has 0 fully saturated rings. The van der Waals surface area contributed by atoms with Gasteiger partial charge in [0.15, 0.2) is 0 Å². The molecule has 0 aliphatic heterocycles. The Balaban J connectivity index is 1.77. The van der Waals surface area contributed by atoms with Gasteiger partial charge in [-0.05, 0) is 18.6 Å². The van der Waals surface area contributed by atoms with E-state index in [9.17, 15) is 14.5 Å². The number of methoxy groups -OCH3 is 1. The van der Waals surface area contributed by atoms with E-state index in [-0.39, 0.29) is 17.4 Å². The highest BCUT2D eigenvalue weighted by Crippen LogP contribution is 2.34. The number of aryl methyl sites for hydroxylation is 2. The first kappa shape index (κ1) is 19.3. The van der Waals surface area contributed by atoms with Crippen molar-refractivity contribution in [1.29, 1.82) is 0 Å². The smallest absolute Gasteiger partial charge is 0.307 e. The zero-order valence-corrected chi connectivity index (χ0v) is 16.5. The van der Waals surface area contributed by atoms with Crippen LogP contribution in [0.4, 0.5) is 21.7 Å². The topological polar surface area (TPSA) is 95.1 Å². The van der Waals surface area contributed by atoms with E-state index in [0.717, 1.165) is 34.2 Å². The van der Waals surface area contributed by atoms with Gasteiger partial charge in [-0.3, -0.25) is 10.1 Å². The van der Waals surface area contributed by atoms with Crippen LogP contribution in [0, 0.1) is 22.9 Å². The van der Waals surface area contributed by atoms with Crippen LogP contribution in [0.5, 0.6) is 5.75 Å². The van der Waals surface area contributed by atoms with Crippen LogP contribution >= 0.6 is 0 Å². The fourth-order valence-corrected chi connectivity index (χ4v) is 3.52. The molecule has 0 radical (unpaired) electrons. The Morgan fingerprint density at radius 3 is 2.80 bits per heavy atom. The molecule has 8 nitrogen and oxygen atoms in total. The van der Waals surface area contributed by atoms with Crippen molar-refractivity contribution >= 4 is 28.2 Å². The summed E-state index contributed by atoms with van der Waals surface area (Å²) in [5.74, 6) is -0.674. The Bertz CT molecular complexity index is 1290. The zero-order valence-electron chi connectivity index (χ0n) is 16.5. The minimum atomic E-state index is -0.983. The maximum absolute atomic E-state index is 13.9. The van der Waals surface area contributed by atoms with Gasteiger partial charge in [0, 0.05) is 42.5 Å². The molecule has 0 unspecified atom stereocenters. The minimum absolute atomic E-state index is 0.105. The molecule has 30 heavy (non-hydrogen) atoms. The molecule has 1 N–H and O–H groups in total. The van der Waals surface area contributed by atoms with Crippen molar-refractivity contribution in [2.45, 2.75) is 6.92 Å². The maximum atomic E-state index is 13.9. The monoisotopic (exact) mass is 407 g/mol. The van der Waals surface area contributed by atoms with E-state index < -0.39 is 16.4 Å². The number of hydrogen-bond donors (Lipinski definition) is 1. The molecule has 0 amide bonds. The number of nitrogens with one attached hydrogen (secondary N) is 1. The average molecular weight is 407 g/mol. The molecule has 4 aromatic rings. The van der Waals surface area contributed by atoms with E-state index in [0.29, 0.717) is 5.69 Å². The molecule has 4 rings (SSSR count). The van der Waals surface area contributed by atoms with E-state index in [4.69, 9.17) is 4.74 Å². The number of halogens is 1. The van der Waals surface area contributed by atoms with Gasteiger partial charge in [-0.1, -0.05) is 18.2 Å². The van der Waals surface area contributed by atoms with E-state index in [1.165, 1.54) is 7.11 Å². The van der Waals surface area contributed by atoms with Crippen LogP contribution in [-0.2, 0) is 7.05 Å². The second-order valence-electron chi connectivity index (χ2n) is 6.78. The second kappa shape index (κ2) is 7.43. The van der Waals surface area contributed by atoms with E-state index in [1.54, 1.807) is 12.3 Å². The summed E-state index contributed by atoms with van der Waals surface area (Å²) in [6.45, 7) is 2.05. The van der Waals surface area contributed by atoms with Crippen LogP contribution in [0.1, 0.15) is 5.56 Å². The molecule has 0 aliphatic rings. The second-order valence-corrected chi connectivity index (χ2v) is 6.78. The van der Waals surface area contributed by atoms with Gasteiger partial charge < -0.3 is 14.6 Å². The number of fused-ring (bicyclic) bond motifs is 1. The molecule has 0 bridgehead atoms. The highest BCUT2D eigenvalue weighted by Gasteiger charge is 2.20. The lowest BCUT2D eigenvalue weighted by atomic mass is 10.1. The minimum Gasteiger partial charge on any atom is -0.494 e. The lowest BCUT2D eigenvalue weighted by molar-refractivity contribution is -0.387. The van der Waals surface area contributed by atoms with Crippen molar-refractivity contribution in [2.75, 3.05) is 12.4 Å². The highest BCUT2D eigenvalue weighted by molar-refractivity contribution is 5.96. The standard InChI is InChI=1S/C21H18FN5O3/c1-12-5-4-6-13-14(11-26(2)20(12)13)16-7-8-23-21(24-16)25-17-10-18(27(28)29)15(22)9-19(17)30-3/h4-11H,1-3H3,(H,23,24,25).